The first-order valence-corrected chi connectivity index (χ1v) is 9.01. The summed E-state index contributed by atoms with van der Waals surface area (Å²) in [5, 5.41) is 9.84. The minimum atomic E-state index is -3.75. The fourth-order valence-electron chi connectivity index (χ4n) is 2.19. The zero-order chi connectivity index (χ0) is 16.6. The molecule has 0 radical (unpaired) electrons. The number of sulfonamides is 1. The van der Waals surface area contributed by atoms with E-state index in [1.54, 1.807) is 6.07 Å². The predicted octanol–water partition coefficient (Wildman–Crippen LogP) is 3.71. The Bertz CT molecular complexity index is 1010. The van der Waals surface area contributed by atoms with Crippen LogP contribution in [-0.4, -0.2) is 19.5 Å². The van der Waals surface area contributed by atoms with Crippen LogP contribution in [0.25, 0.3) is 10.1 Å². The van der Waals surface area contributed by atoms with Crippen LogP contribution in [0.3, 0.4) is 0 Å². The summed E-state index contributed by atoms with van der Waals surface area (Å²) in [6, 6.07) is 13.1. The first kappa shape index (κ1) is 15.5. The van der Waals surface area contributed by atoms with E-state index in [2.05, 4.69) is 4.72 Å². The Morgan fingerprint density at radius 1 is 1.13 bits per heavy atom. The van der Waals surface area contributed by atoms with E-state index in [-0.39, 0.29) is 15.5 Å². The van der Waals surface area contributed by atoms with E-state index >= 15 is 0 Å². The lowest BCUT2D eigenvalue weighted by molar-refractivity contribution is 0.0697. The van der Waals surface area contributed by atoms with Crippen LogP contribution in [0.1, 0.15) is 15.9 Å². The number of fused-ring (bicyclic) bond motifs is 1. The van der Waals surface area contributed by atoms with E-state index < -0.39 is 16.0 Å². The van der Waals surface area contributed by atoms with Crippen molar-refractivity contribution in [2.24, 2.45) is 0 Å². The van der Waals surface area contributed by atoms with Gasteiger partial charge in [0, 0.05) is 10.4 Å². The first-order chi connectivity index (χ1) is 10.8. The predicted molar refractivity (Wildman–Crippen MR) is 90.8 cm³/mol. The summed E-state index contributed by atoms with van der Waals surface area (Å²) < 4.78 is 28.5. The monoisotopic (exact) mass is 347 g/mol. The summed E-state index contributed by atoms with van der Waals surface area (Å²) >= 11 is 1.18. The van der Waals surface area contributed by atoms with Crippen molar-refractivity contribution in [2.45, 2.75) is 11.1 Å². The maximum absolute atomic E-state index is 12.5. The van der Waals surface area contributed by atoms with E-state index in [1.807, 2.05) is 25.1 Å². The van der Waals surface area contributed by atoms with Crippen LogP contribution in [0.5, 0.6) is 0 Å². The Morgan fingerprint density at radius 2 is 1.91 bits per heavy atom. The summed E-state index contributed by atoms with van der Waals surface area (Å²) in [5.41, 5.74) is 1.30. The average molecular weight is 347 g/mol. The molecule has 0 aliphatic heterocycles. The summed E-state index contributed by atoms with van der Waals surface area (Å²) in [6.07, 6.45) is 0. The van der Waals surface area contributed by atoms with E-state index in [4.69, 9.17) is 5.11 Å². The average Bonchev–Trinajstić information content (AvgIpc) is 2.91. The Kier molecular flexibility index (Phi) is 3.83. The number of anilines is 1. The molecule has 0 unspecified atom stereocenters. The molecular weight excluding hydrogens is 334 g/mol. The fourth-order valence-corrected chi connectivity index (χ4v) is 4.62. The van der Waals surface area contributed by atoms with Crippen molar-refractivity contribution in [3.8, 4) is 0 Å². The highest BCUT2D eigenvalue weighted by atomic mass is 32.2. The molecule has 23 heavy (non-hydrogen) atoms. The second kappa shape index (κ2) is 5.68. The Labute approximate surface area is 137 Å². The number of carbonyl (C=O) groups is 1. The molecule has 0 bridgehead atoms. The molecule has 118 valence electrons. The molecule has 0 atom stereocenters. The van der Waals surface area contributed by atoms with Gasteiger partial charge in [-0.2, -0.15) is 0 Å². The van der Waals surface area contributed by atoms with Crippen molar-refractivity contribution in [1.82, 2.24) is 0 Å². The number of nitrogens with one attached hydrogen (secondary N) is 1. The molecule has 7 heteroatoms. The molecule has 3 rings (SSSR count). The van der Waals surface area contributed by atoms with Crippen LogP contribution < -0.4 is 4.72 Å². The standard InChI is InChI=1S/C16H13NO4S2/c1-10-5-6-14-12(7-10)9-15(22-14)23(20,21)17-13-4-2-3-11(8-13)16(18)19/h2-9,17H,1H3,(H,18,19). The Morgan fingerprint density at radius 3 is 2.65 bits per heavy atom. The number of aryl methyl sites for hydroxylation is 1. The van der Waals surface area contributed by atoms with Gasteiger partial charge in [0.25, 0.3) is 10.0 Å². The lowest BCUT2D eigenvalue weighted by atomic mass is 10.2. The molecule has 3 aromatic rings. The summed E-state index contributed by atoms with van der Waals surface area (Å²) in [5.74, 6) is -1.11. The molecule has 2 aromatic carbocycles. The number of aromatic carboxylic acids is 1. The van der Waals surface area contributed by atoms with E-state index in [0.29, 0.717) is 0 Å². The molecule has 0 saturated carbocycles. The van der Waals surface area contributed by atoms with Crippen LogP contribution in [0.15, 0.2) is 52.7 Å². The molecular formula is C16H13NO4S2. The van der Waals surface area contributed by atoms with Gasteiger partial charge in [-0.3, -0.25) is 4.72 Å². The highest BCUT2D eigenvalue weighted by Gasteiger charge is 2.18. The lowest BCUT2D eigenvalue weighted by Gasteiger charge is -2.06. The van der Waals surface area contributed by atoms with Crippen molar-refractivity contribution < 1.29 is 18.3 Å². The maximum Gasteiger partial charge on any atom is 0.335 e. The number of carboxylic acid groups (broad SMARTS) is 1. The van der Waals surface area contributed by atoms with E-state index in [0.717, 1.165) is 15.6 Å². The second-order valence-electron chi connectivity index (χ2n) is 5.10. The Hall–Kier alpha value is -2.38. The number of rotatable bonds is 4. The van der Waals surface area contributed by atoms with E-state index in [1.165, 1.54) is 35.6 Å². The maximum atomic E-state index is 12.5. The molecule has 0 saturated heterocycles. The van der Waals surface area contributed by atoms with Gasteiger partial charge in [0.2, 0.25) is 0 Å². The number of carboxylic acids is 1. The molecule has 0 aliphatic carbocycles. The third kappa shape index (κ3) is 3.20. The van der Waals surface area contributed by atoms with Crippen LogP contribution in [0, 0.1) is 6.92 Å². The van der Waals surface area contributed by atoms with Gasteiger partial charge in [0.1, 0.15) is 4.21 Å². The van der Waals surface area contributed by atoms with Crippen LogP contribution in [-0.2, 0) is 10.0 Å². The third-order valence-electron chi connectivity index (χ3n) is 3.28. The second-order valence-corrected chi connectivity index (χ2v) is 8.09. The van der Waals surface area contributed by atoms with Gasteiger partial charge in [0.15, 0.2) is 0 Å². The molecule has 1 aromatic heterocycles. The third-order valence-corrected chi connectivity index (χ3v) is 6.25. The summed E-state index contributed by atoms with van der Waals surface area (Å²) in [4.78, 5) is 11.0. The normalized spacial score (nSPS) is 11.5. The number of thiophene rings is 1. The molecule has 0 fully saturated rings. The van der Waals surface area contributed by atoms with Gasteiger partial charge in [-0.05, 0) is 42.6 Å². The van der Waals surface area contributed by atoms with Gasteiger partial charge in [-0.25, -0.2) is 13.2 Å². The van der Waals surface area contributed by atoms with Gasteiger partial charge < -0.3 is 5.11 Å². The molecule has 0 spiro atoms. The highest BCUT2D eigenvalue weighted by Crippen LogP contribution is 2.30. The van der Waals surface area contributed by atoms with Crippen molar-refractivity contribution in [3.63, 3.8) is 0 Å². The van der Waals surface area contributed by atoms with Crippen LogP contribution in [0.2, 0.25) is 0 Å². The molecule has 1 heterocycles. The van der Waals surface area contributed by atoms with Crippen LogP contribution >= 0.6 is 11.3 Å². The molecule has 5 nitrogen and oxygen atoms in total. The number of hydrogen-bond donors (Lipinski definition) is 2. The smallest absolute Gasteiger partial charge is 0.335 e. The lowest BCUT2D eigenvalue weighted by Crippen LogP contribution is -2.12. The topological polar surface area (TPSA) is 83.5 Å². The molecule has 0 aliphatic rings. The molecule has 2 N–H and O–H groups in total. The first-order valence-electron chi connectivity index (χ1n) is 6.71. The summed E-state index contributed by atoms with van der Waals surface area (Å²) in [6.45, 7) is 1.95. The van der Waals surface area contributed by atoms with Gasteiger partial charge in [-0.1, -0.05) is 23.8 Å². The zero-order valence-corrected chi connectivity index (χ0v) is 13.7. The fraction of sp³-hybridized carbons (Fsp3) is 0.0625. The Balaban J connectivity index is 1.97. The number of benzene rings is 2. The van der Waals surface area contributed by atoms with Gasteiger partial charge in [0.05, 0.1) is 5.56 Å². The SMILES string of the molecule is Cc1ccc2sc(S(=O)(=O)Nc3cccc(C(=O)O)c3)cc2c1. The van der Waals surface area contributed by atoms with Gasteiger partial charge >= 0.3 is 5.97 Å². The quantitative estimate of drug-likeness (QED) is 0.753. The van der Waals surface area contributed by atoms with Crippen molar-refractivity contribution in [1.29, 1.82) is 0 Å². The highest BCUT2D eigenvalue weighted by molar-refractivity contribution is 7.94. The largest absolute Gasteiger partial charge is 0.478 e. The minimum Gasteiger partial charge on any atom is -0.478 e. The van der Waals surface area contributed by atoms with Gasteiger partial charge in [-0.15, -0.1) is 11.3 Å². The van der Waals surface area contributed by atoms with Crippen molar-refractivity contribution in [3.05, 3.63) is 59.7 Å². The van der Waals surface area contributed by atoms with Crippen LogP contribution in [0.4, 0.5) is 5.69 Å². The minimum absolute atomic E-state index is 0.0252. The zero-order valence-electron chi connectivity index (χ0n) is 12.1. The van der Waals surface area contributed by atoms with Crippen molar-refractivity contribution in [2.75, 3.05) is 4.72 Å². The molecule has 0 amide bonds. The number of hydrogen-bond acceptors (Lipinski definition) is 4. The summed E-state index contributed by atoms with van der Waals surface area (Å²) in [7, 11) is -3.75. The van der Waals surface area contributed by atoms with E-state index in [9.17, 15) is 13.2 Å². The van der Waals surface area contributed by atoms with Crippen molar-refractivity contribution >= 4 is 43.1 Å².